The van der Waals surface area contributed by atoms with E-state index in [1.165, 1.54) is 30.3 Å². The van der Waals surface area contributed by atoms with E-state index in [-0.39, 0.29) is 6.54 Å². The Morgan fingerprint density at radius 1 is 1.31 bits per heavy atom. The summed E-state index contributed by atoms with van der Waals surface area (Å²) in [5.74, 6) is 0. The number of rotatable bonds is 5. The van der Waals surface area contributed by atoms with Crippen molar-refractivity contribution in [2.45, 2.75) is 0 Å². The van der Waals surface area contributed by atoms with Gasteiger partial charge in [0.1, 0.15) is 0 Å². The summed E-state index contributed by atoms with van der Waals surface area (Å²) in [5, 5.41) is 17.7. The van der Waals surface area contributed by atoms with Gasteiger partial charge >= 0.3 is 7.12 Å². The first kappa shape index (κ1) is 12.8. The van der Waals surface area contributed by atoms with Crippen LogP contribution in [0, 0.1) is 0 Å². The molecule has 0 aliphatic carbocycles. The number of hydrogen-bond acceptors (Lipinski definition) is 4. The fourth-order valence-corrected chi connectivity index (χ4v) is 1.78. The Morgan fingerprint density at radius 2 is 1.88 bits per heavy atom. The zero-order valence-corrected chi connectivity index (χ0v) is 9.38. The van der Waals surface area contributed by atoms with Crippen LogP contribution in [0.15, 0.2) is 36.9 Å². The number of nitrogens with zero attached hydrogens (tertiary/aromatic N) is 1. The Balaban J connectivity index is 2.98. The maximum Gasteiger partial charge on any atom is 0.488 e. The summed E-state index contributed by atoms with van der Waals surface area (Å²) in [6.07, 6.45) is 1.47. The summed E-state index contributed by atoms with van der Waals surface area (Å²) >= 11 is 0. The molecule has 0 amide bonds. The minimum Gasteiger partial charge on any atom is -0.423 e. The quantitative estimate of drug-likeness (QED) is 0.347. The average molecular weight is 241 g/mol. The first-order chi connectivity index (χ1) is 7.56. The van der Waals surface area contributed by atoms with Gasteiger partial charge in [-0.05, 0) is 17.6 Å². The molecule has 0 saturated heterocycles. The van der Waals surface area contributed by atoms with E-state index in [9.17, 15) is 8.42 Å². The molecule has 0 heterocycles. The fourth-order valence-electron chi connectivity index (χ4n) is 1.21. The predicted octanol–water partition coefficient (Wildman–Crippen LogP) is -1.11. The molecule has 0 bridgehead atoms. The molecule has 0 atom stereocenters. The first-order valence-corrected chi connectivity index (χ1v) is 5.68. The van der Waals surface area contributed by atoms with Crippen LogP contribution in [0.2, 0.25) is 0 Å². The Hall–Kier alpha value is -1.31. The molecule has 86 valence electrons. The molecule has 7 heteroatoms. The van der Waals surface area contributed by atoms with Crippen molar-refractivity contribution in [1.29, 1.82) is 0 Å². The van der Waals surface area contributed by atoms with Crippen LogP contribution in [-0.2, 0) is 10.9 Å². The van der Waals surface area contributed by atoms with E-state index in [0.29, 0.717) is 11.2 Å². The van der Waals surface area contributed by atoms with Gasteiger partial charge in [-0.3, -0.25) is 4.31 Å². The van der Waals surface area contributed by atoms with Crippen molar-refractivity contribution < 1.29 is 18.5 Å². The third-order valence-corrected chi connectivity index (χ3v) is 2.78. The van der Waals surface area contributed by atoms with Crippen LogP contribution in [0.4, 0.5) is 5.69 Å². The SMILES string of the molecule is C=CCN(c1ccc(B(O)O)cc1)[SH](=O)=O. The van der Waals surface area contributed by atoms with Crippen molar-refractivity contribution in [3.63, 3.8) is 0 Å². The zero-order chi connectivity index (χ0) is 12.1. The summed E-state index contributed by atoms with van der Waals surface area (Å²) in [7, 11) is -4.29. The highest BCUT2D eigenvalue weighted by molar-refractivity contribution is 7.74. The minimum absolute atomic E-state index is 0.180. The van der Waals surface area contributed by atoms with Crippen molar-refractivity contribution in [3.05, 3.63) is 36.9 Å². The lowest BCUT2D eigenvalue weighted by Gasteiger charge is -2.15. The molecule has 0 unspecified atom stereocenters. The van der Waals surface area contributed by atoms with Crippen LogP contribution in [0.3, 0.4) is 0 Å². The molecule has 1 aromatic rings. The van der Waals surface area contributed by atoms with Crippen molar-refractivity contribution >= 4 is 29.2 Å². The lowest BCUT2D eigenvalue weighted by atomic mass is 9.80. The smallest absolute Gasteiger partial charge is 0.423 e. The maximum absolute atomic E-state index is 10.9. The summed E-state index contributed by atoms with van der Waals surface area (Å²) in [6, 6.07) is 5.91. The van der Waals surface area contributed by atoms with Gasteiger partial charge < -0.3 is 10.0 Å². The van der Waals surface area contributed by atoms with E-state index in [4.69, 9.17) is 10.0 Å². The molecule has 0 aliphatic heterocycles. The van der Waals surface area contributed by atoms with Crippen LogP contribution in [0.25, 0.3) is 0 Å². The van der Waals surface area contributed by atoms with E-state index < -0.39 is 18.0 Å². The molecular formula is C9H12BNO4S. The zero-order valence-electron chi connectivity index (χ0n) is 8.48. The second-order valence-electron chi connectivity index (χ2n) is 3.07. The monoisotopic (exact) mass is 241 g/mol. The van der Waals surface area contributed by atoms with Crippen LogP contribution < -0.4 is 9.77 Å². The molecule has 0 aromatic heterocycles. The number of hydrogen-bond donors (Lipinski definition) is 3. The van der Waals surface area contributed by atoms with Crippen molar-refractivity contribution in [3.8, 4) is 0 Å². The third kappa shape index (κ3) is 3.09. The van der Waals surface area contributed by atoms with Crippen LogP contribution in [0.1, 0.15) is 0 Å². The largest absolute Gasteiger partial charge is 0.488 e. The second-order valence-corrected chi connectivity index (χ2v) is 4.03. The van der Waals surface area contributed by atoms with E-state index >= 15 is 0 Å². The average Bonchev–Trinajstić information content (AvgIpc) is 2.25. The summed E-state index contributed by atoms with van der Waals surface area (Å²) in [5.41, 5.74) is 0.767. The fraction of sp³-hybridized carbons (Fsp3) is 0.111. The van der Waals surface area contributed by atoms with Gasteiger partial charge in [0, 0.05) is 0 Å². The maximum atomic E-state index is 10.9. The Labute approximate surface area is 95.9 Å². The molecule has 0 fully saturated rings. The van der Waals surface area contributed by atoms with E-state index in [0.717, 1.165) is 4.31 Å². The standard InChI is InChI=1S/C9H12BNO4S/c1-2-7-11(16(14)15)9-5-3-8(4-6-9)10(12)13/h2-6,12-13,16H,1,7H2. The predicted molar refractivity (Wildman–Crippen MR) is 64.1 cm³/mol. The summed E-state index contributed by atoms with van der Waals surface area (Å²) < 4.78 is 23.0. The second kappa shape index (κ2) is 5.69. The van der Waals surface area contributed by atoms with Crippen LogP contribution in [-0.4, -0.2) is 32.1 Å². The Kier molecular flexibility index (Phi) is 4.54. The first-order valence-electron chi connectivity index (χ1n) is 4.55. The van der Waals surface area contributed by atoms with Crippen molar-refractivity contribution in [2.75, 3.05) is 10.8 Å². The molecule has 0 spiro atoms. The van der Waals surface area contributed by atoms with E-state index in [2.05, 4.69) is 6.58 Å². The van der Waals surface area contributed by atoms with Crippen LogP contribution >= 0.6 is 0 Å². The highest BCUT2D eigenvalue weighted by Crippen LogP contribution is 2.12. The van der Waals surface area contributed by atoms with Gasteiger partial charge in [0.05, 0.1) is 12.2 Å². The molecule has 2 N–H and O–H groups in total. The normalized spacial score (nSPS) is 10.2. The Morgan fingerprint density at radius 3 is 2.25 bits per heavy atom. The van der Waals surface area contributed by atoms with Gasteiger partial charge in [-0.2, -0.15) is 0 Å². The topological polar surface area (TPSA) is 77.8 Å². The van der Waals surface area contributed by atoms with E-state index in [1.807, 2.05) is 0 Å². The summed E-state index contributed by atoms with van der Waals surface area (Å²) in [6.45, 7) is 3.65. The van der Waals surface area contributed by atoms with Crippen molar-refractivity contribution in [1.82, 2.24) is 0 Å². The van der Waals surface area contributed by atoms with Gasteiger partial charge in [-0.25, -0.2) is 8.42 Å². The minimum atomic E-state index is -2.73. The van der Waals surface area contributed by atoms with Gasteiger partial charge in [0.15, 0.2) is 0 Å². The van der Waals surface area contributed by atoms with E-state index in [1.54, 1.807) is 0 Å². The molecule has 1 aromatic carbocycles. The highest BCUT2D eigenvalue weighted by atomic mass is 32.2. The van der Waals surface area contributed by atoms with Gasteiger partial charge in [-0.15, -0.1) is 6.58 Å². The highest BCUT2D eigenvalue weighted by Gasteiger charge is 2.12. The Bertz CT molecular complexity index is 422. The van der Waals surface area contributed by atoms with Gasteiger partial charge in [-0.1, -0.05) is 18.2 Å². The molecule has 0 radical (unpaired) electrons. The lowest BCUT2D eigenvalue weighted by molar-refractivity contribution is 0.426. The molecule has 0 saturated carbocycles. The lowest BCUT2D eigenvalue weighted by Crippen LogP contribution is -2.30. The molecule has 16 heavy (non-hydrogen) atoms. The number of benzene rings is 1. The van der Waals surface area contributed by atoms with Gasteiger partial charge in [0.2, 0.25) is 10.9 Å². The van der Waals surface area contributed by atoms with Gasteiger partial charge in [0.25, 0.3) is 0 Å². The van der Waals surface area contributed by atoms with Crippen LogP contribution in [0.5, 0.6) is 0 Å². The van der Waals surface area contributed by atoms with Crippen molar-refractivity contribution in [2.24, 2.45) is 0 Å². The number of thiol groups is 1. The molecule has 1 rings (SSSR count). The molecular weight excluding hydrogens is 229 g/mol. The molecule has 5 nitrogen and oxygen atoms in total. The number of anilines is 1. The third-order valence-electron chi connectivity index (χ3n) is 1.99. The molecule has 0 aliphatic rings. The summed E-state index contributed by atoms with van der Waals surface area (Å²) in [4.78, 5) is 0.